The predicted molar refractivity (Wildman–Crippen MR) is 159 cm³/mol. The third-order valence-electron chi connectivity index (χ3n) is 7.10. The Bertz CT molecular complexity index is 1570. The van der Waals surface area contributed by atoms with E-state index in [2.05, 4.69) is 32.2 Å². The van der Waals surface area contributed by atoms with E-state index < -0.39 is 10.8 Å². The van der Waals surface area contributed by atoms with Crippen molar-refractivity contribution in [3.05, 3.63) is 88.7 Å². The summed E-state index contributed by atoms with van der Waals surface area (Å²) in [7, 11) is -1.13. The van der Waals surface area contributed by atoms with Crippen LogP contribution in [0.25, 0.3) is 0 Å². The number of nitrogens with two attached hydrogens (primary N) is 1. The number of hydrogen-bond donors (Lipinski definition) is 2. The number of benzene rings is 2. The highest BCUT2D eigenvalue weighted by Gasteiger charge is 2.28. The van der Waals surface area contributed by atoms with E-state index in [-0.39, 0.29) is 5.78 Å². The van der Waals surface area contributed by atoms with Gasteiger partial charge in [0.2, 0.25) is 5.95 Å². The minimum atomic E-state index is -1.13. The van der Waals surface area contributed by atoms with Crippen molar-refractivity contribution in [3.8, 4) is 0 Å². The molecule has 0 spiro atoms. The van der Waals surface area contributed by atoms with Crippen LogP contribution < -0.4 is 20.9 Å². The maximum atomic E-state index is 12.7. The third-order valence-corrected chi connectivity index (χ3v) is 8.79. The molecule has 11 heteroatoms. The minimum absolute atomic E-state index is 0.0104. The first kappa shape index (κ1) is 26.2. The van der Waals surface area contributed by atoms with E-state index in [1.54, 1.807) is 12.1 Å². The molecule has 0 radical (unpaired) electrons. The second-order valence-corrected chi connectivity index (χ2v) is 11.7. The first-order valence-corrected chi connectivity index (χ1v) is 14.8. The number of Topliss-reactive ketones (excluding diaryl/α,β-unsaturated/α-hetero) is 1. The Hall–Kier alpha value is -4.02. The van der Waals surface area contributed by atoms with Gasteiger partial charge < -0.3 is 20.9 Å². The lowest BCUT2D eigenvalue weighted by Gasteiger charge is -2.36. The monoisotopic (exact) mass is 573 g/mol. The zero-order chi connectivity index (χ0) is 27.6. The van der Waals surface area contributed by atoms with Gasteiger partial charge in [0.05, 0.1) is 16.5 Å². The number of pyridine rings is 1. The van der Waals surface area contributed by atoms with Crippen LogP contribution >= 0.6 is 11.6 Å². The molecule has 1 fully saturated rings. The van der Waals surface area contributed by atoms with Crippen molar-refractivity contribution in [3.63, 3.8) is 0 Å². The second kappa shape index (κ2) is 11.2. The second-order valence-electron chi connectivity index (χ2n) is 9.80. The smallest absolute Gasteiger partial charge is 0.227 e. The highest BCUT2D eigenvalue weighted by atomic mass is 35.5. The number of halogens is 1. The van der Waals surface area contributed by atoms with Gasteiger partial charge >= 0.3 is 0 Å². The molecule has 0 bridgehead atoms. The number of aryl methyl sites for hydroxylation is 1. The number of aromatic nitrogens is 3. The summed E-state index contributed by atoms with van der Waals surface area (Å²) in [6.07, 6.45) is 2.50. The molecule has 4 heterocycles. The predicted octanol–water partition coefficient (Wildman–Crippen LogP) is 4.27. The molecule has 40 heavy (non-hydrogen) atoms. The number of carbonyl (C=O) groups is 1. The normalized spacial score (nSPS) is 16.6. The van der Waals surface area contributed by atoms with Crippen molar-refractivity contribution in [2.24, 2.45) is 0 Å². The van der Waals surface area contributed by atoms with Crippen LogP contribution in [0.2, 0.25) is 5.02 Å². The molecule has 2 aromatic carbocycles. The fraction of sp³-hybridized carbons (Fsp3) is 0.241. The summed E-state index contributed by atoms with van der Waals surface area (Å²) in [6, 6.07) is 18.9. The number of ketones is 1. The standard InChI is InChI=1S/C29H28ClN7O2S/c30-21-2-1-3-22(17-21)33-28-27-24(10-15-40(27)39)34-29(35-28)37-13-11-36(12-14-37)23-7-4-19(5-8-23)16-25(38)20-6-9-26(31)32-18-20/h1-9,17-18H,10-16H2,(H2,31,32)(H,33,34,35). The number of carbonyl (C=O) groups excluding carboxylic acids is 1. The van der Waals surface area contributed by atoms with Gasteiger partial charge in [0.1, 0.15) is 10.7 Å². The Balaban J connectivity index is 1.12. The summed E-state index contributed by atoms with van der Waals surface area (Å²) in [6.45, 7) is 3.11. The first-order valence-electron chi connectivity index (χ1n) is 13.1. The topological polar surface area (TPSA) is 117 Å². The van der Waals surface area contributed by atoms with Crippen molar-refractivity contribution in [1.29, 1.82) is 0 Å². The molecule has 6 rings (SSSR count). The molecule has 2 aromatic heterocycles. The van der Waals surface area contributed by atoms with Crippen molar-refractivity contribution in [1.82, 2.24) is 15.0 Å². The Labute approximate surface area is 239 Å². The molecule has 1 unspecified atom stereocenters. The molecular weight excluding hydrogens is 546 g/mol. The number of piperazine rings is 1. The Morgan fingerprint density at radius 1 is 1.00 bits per heavy atom. The van der Waals surface area contributed by atoms with E-state index in [4.69, 9.17) is 27.3 Å². The summed E-state index contributed by atoms with van der Waals surface area (Å²) >= 11 is 6.17. The summed E-state index contributed by atoms with van der Waals surface area (Å²) in [5, 5.41) is 3.94. The highest BCUT2D eigenvalue weighted by Crippen LogP contribution is 2.32. The fourth-order valence-corrected chi connectivity index (χ4v) is 6.46. The van der Waals surface area contributed by atoms with Crippen LogP contribution in [0.4, 0.5) is 29.0 Å². The number of nitrogens with one attached hydrogen (secondary N) is 1. The largest absolute Gasteiger partial charge is 0.384 e. The molecule has 9 nitrogen and oxygen atoms in total. The number of hydrogen-bond acceptors (Lipinski definition) is 9. The quantitative estimate of drug-likeness (QED) is 0.313. The minimum Gasteiger partial charge on any atom is -0.384 e. The van der Waals surface area contributed by atoms with Crippen LogP contribution in [0.3, 0.4) is 0 Å². The van der Waals surface area contributed by atoms with Gasteiger partial charge in [-0.15, -0.1) is 0 Å². The fourth-order valence-electron chi connectivity index (χ4n) is 4.96. The molecule has 3 N–H and O–H groups in total. The van der Waals surface area contributed by atoms with Crippen LogP contribution in [0, 0.1) is 0 Å². The van der Waals surface area contributed by atoms with Crippen molar-refractivity contribution in [2.75, 3.05) is 52.8 Å². The Morgan fingerprint density at radius 2 is 1.77 bits per heavy atom. The number of nitrogen functional groups attached to an aromatic ring is 1. The number of anilines is 5. The first-order chi connectivity index (χ1) is 19.4. The maximum absolute atomic E-state index is 12.7. The average molecular weight is 574 g/mol. The van der Waals surface area contributed by atoms with Crippen molar-refractivity contribution < 1.29 is 9.00 Å². The van der Waals surface area contributed by atoms with Gasteiger partial charge in [0.25, 0.3) is 0 Å². The number of nitrogens with zero attached hydrogens (tertiary/aromatic N) is 5. The molecule has 2 aliphatic rings. The lowest BCUT2D eigenvalue weighted by atomic mass is 10.0. The lowest BCUT2D eigenvalue weighted by Crippen LogP contribution is -2.47. The maximum Gasteiger partial charge on any atom is 0.227 e. The van der Waals surface area contributed by atoms with E-state index in [1.165, 1.54) is 6.20 Å². The molecule has 0 amide bonds. The summed E-state index contributed by atoms with van der Waals surface area (Å²) in [4.78, 5) is 31.4. The Kier molecular flexibility index (Phi) is 7.36. The molecule has 4 aromatic rings. The van der Waals surface area contributed by atoms with E-state index in [0.29, 0.717) is 51.7 Å². The van der Waals surface area contributed by atoms with E-state index in [9.17, 15) is 9.00 Å². The zero-order valence-corrected chi connectivity index (χ0v) is 23.3. The molecule has 1 saturated heterocycles. The van der Waals surface area contributed by atoms with Crippen LogP contribution in [0.15, 0.2) is 71.8 Å². The van der Waals surface area contributed by atoms with Gasteiger partial charge in [-0.05, 0) is 48.0 Å². The van der Waals surface area contributed by atoms with E-state index in [1.807, 2.05) is 36.4 Å². The van der Waals surface area contributed by atoms with Crippen LogP contribution in [-0.4, -0.2) is 56.9 Å². The van der Waals surface area contributed by atoms with Crippen LogP contribution in [-0.2, 0) is 23.6 Å². The summed E-state index contributed by atoms with van der Waals surface area (Å²) in [5.74, 6) is 2.20. The van der Waals surface area contributed by atoms with Gasteiger partial charge in [-0.1, -0.05) is 29.8 Å². The number of fused-ring (bicyclic) bond motifs is 1. The van der Waals surface area contributed by atoms with Crippen LogP contribution in [0.5, 0.6) is 0 Å². The molecule has 2 aliphatic heterocycles. The highest BCUT2D eigenvalue weighted by molar-refractivity contribution is 7.85. The van der Waals surface area contributed by atoms with Gasteiger partial charge in [0.15, 0.2) is 11.6 Å². The number of rotatable bonds is 7. The molecule has 1 atom stereocenters. The lowest BCUT2D eigenvalue weighted by molar-refractivity contribution is 0.0992. The van der Waals surface area contributed by atoms with Crippen molar-refractivity contribution in [2.45, 2.75) is 17.7 Å². The molecule has 0 aliphatic carbocycles. The van der Waals surface area contributed by atoms with Gasteiger partial charge in [0, 0.05) is 72.9 Å². The zero-order valence-electron chi connectivity index (χ0n) is 21.7. The molecular formula is C29H28ClN7O2S. The van der Waals surface area contributed by atoms with Gasteiger partial charge in [-0.3, -0.25) is 9.00 Å². The van der Waals surface area contributed by atoms with Gasteiger partial charge in [-0.25, -0.2) is 9.97 Å². The van der Waals surface area contributed by atoms with Gasteiger partial charge in [-0.2, -0.15) is 4.98 Å². The van der Waals surface area contributed by atoms with E-state index >= 15 is 0 Å². The van der Waals surface area contributed by atoms with E-state index in [0.717, 1.165) is 48.8 Å². The Morgan fingerprint density at radius 3 is 2.50 bits per heavy atom. The average Bonchev–Trinajstić information content (AvgIpc) is 3.34. The molecule has 204 valence electrons. The third kappa shape index (κ3) is 5.64. The molecule has 0 saturated carbocycles. The van der Waals surface area contributed by atoms with Crippen molar-refractivity contribution >= 4 is 57.1 Å². The summed E-state index contributed by atoms with van der Waals surface area (Å²) < 4.78 is 12.7. The van der Waals surface area contributed by atoms with Crippen LogP contribution in [0.1, 0.15) is 21.6 Å². The SMILES string of the molecule is Nc1ccc(C(=O)Cc2ccc(N3CCN(c4nc5c(c(Nc6cccc(Cl)c6)n4)S(=O)CC5)CC3)cc2)cn1. The summed E-state index contributed by atoms with van der Waals surface area (Å²) in [5.41, 5.74) is 9.87.